The van der Waals surface area contributed by atoms with Crippen LogP contribution in [0, 0.1) is 0 Å². The lowest BCUT2D eigenvalue weighted by atomic mass is 10.0. The number of amides is 1. The van der Waals surface area contributed by atoms with E-state index < -0.39 is 55.7 Å². The molecule has 4 rings (SSSR count). The van der Waals surface area contributed by atoms with Gasteiger partial charge in [-0.25, -0.2) is 21.6 Å². The van der Waals surface area contributed by atoms with Gasteiger partial charge in [0, 0.05) is 12.1 Å². The van der Waals surface area contributed by atoms with Crippen molar-refractivity contribution in [1.82, 2.24) is 4.90 Å². The molecule has 1 aliphatic rings. The summed E-state index contributed by atoms with van der Waals surface area (Å²) in [7, 11) is -10.8. The maximum Gasteiger partial charge on any atom is 0.411 e. The normalized spacial score (nSPS) is 19.5. The Balaban J connectivity index is 1.90. The second-order valence-corrected chi connectivity index (χ2v) is 23.6. The average molecular weight is 668 g/mol. The van der Waals surface area contributed by atoms with Crippen LogP contribution in [0.4, 0.5) is 4.79 Å². The summed E-state index contributed by atoms with van der Waals surface area (Å²) in [5.74, 6) is 0. The van der Waals surface area contributed by atoms with Gasteiger partial charge in [0.15, 0.2) is 25.2 Å². The zero-order valence-electron chi connectivity index (χ0n) is 24.7. The first-order chi connectivity index (χ1) is 19.6. The van der Waals surface area contributed by atoms with Gasteiger partial charge in [-0.15, -0.1) is 11.3 Å². The first-order valence-electron chi connectivity index (χ1n) is 13.9. The number of rotatable bonds is 8. The number of nitrogens with zero attached hydrogens (tertiary/aromatic N) is 1. The summed E-state index contributed by atoms with van der Waals surface area (Å²) in [6.45, 7) is 11.4. The maximum absolute atomic E-state index is 14.5. The molecule has 42 heavy (non-hydrogen) atoms. The molecule has 1 unspecified atom stereocenters. The number of sulfone groups is 2. The molecule has 0 spiro atoms. The van der Waals surface area contributed by atoms with Gasteiger partial charge in [-0.2, -0.15) is 0 Å². The van der Waals surface area contributed by atoms with E-state index in [0.717, 1.165) is 21.7 Å². The number of benzene rings is 2. The van der Waals surface area contributed by atoms with Crippen molar-refractivity contribution >= 4 is 67.2 Å². The molecule has 0 fully saturated rings. The highest BCUT2D eigenvalue weighted by Crippen LogP contribution is 2.46. The van der Waals surface area contributed by atoms with Gasteiger partial charge in [-0.1, -0.05) is 103 Å². The molecule has 2 aromatic carbocycles. The fourth-order valence-electron chi connectivity index (χ4n) is 5.92. The van der Waals surface area contributed by atoms with Crippen molar-refractivity contribution in [2.45, 2.75) is 78.3 Å². The monoisotopic (exact) mass is 667 g/mol. The molecule has 7 nitrogen and oxygen atoms in total. The van der Waals surface area contributed by atoms with E-state index >= 15 is 0 Å². The van der Waals surface area contributed by atoms with Crippen LogP contribution in [0.2, 0.25) is 5.04 Å². The third-order valence-corrected chi connectivity index (χ3v) is 22.1. The van der Waals surface area contributed by atoms with Crippen LogP contribution in [0.15, 0.2) is 75.1 Å². The molecule has 0 N–H and O–H groups in total. The van der Waals surface area contributed by atoms with E-state index in [-0.39, 0.29) is 26.8 Å². The molecule has 2 heterocycles. The quantitative estimate of drug-likeness (QED) is 0.223. The fraction of sp³-hybridized carbons (Fsp3) is 0.433. The minimum atomic E-state index is -3.99. The fourth-order valence-corrected chi connectivity index (χ4v) is 20.5. The molecule has 1 aromatic heterocycles. The predicted molar refractivity (Wildman–Crippen MR) is 172 cm³/mol. The highest BCUT2D eigenvalue weighted by molar-refractivity contribution is 7.97. The highest BCUT2D eigenvalue weighted by Gasteiger charge is 2.51. The summed E-state index contributed by atoms with van der Waals surface area (Å²) in [5, 5.41) is 0.617. The van der Waals surface area contributed by atoms with Gasteiger partial charge in [0.25, 0.3) is 0 Å². The van der Waals surface area contributed by atoms with Crippen molar-refractivity contribution in [3.63, 3.8) is 0 Å². The Morgan fingerprint density at radius 3 is 2.07 bits per heavy atom. The summed E-state index contributed by atoms with van der Waals surface area (Å²) >= 11 is 6.70. The van der Waals surface area contributed by atoms with Gasteiger partial charge in [-0.3, -0.25) is 0 Å². The number of thiophene rings is 1. The van der Waals surface area contributed by atoms with Gasteiger partial charge in [0.05, 0.1) is 16.7 Å². The van der Waals surface area contributed by atoms with Crippen LogP contribution in [0.25, 0.3) is 0 Å². The number of carbonyl (C=O) groups excluding carboxylic acids is 1. The average Bonchev–Trinajstić information content (AvgIpc) is 3.39. The minimum absolute atomic E-state index is 0.00158. The van der Waals surface area contributed by atoms with E-state index in [1.54, 1.807) is 13.8 Å². The molecule has 0 saturated carbocycles. The first-order valence-corrected chi connectivity index (χ1v) is 20.5. The van der Waals surface area contributed by atoms with E-state index in [4.69, 9.17) is 16.3 Å². The zero-order valence-corrected chi connectivity index (χ0v) is 28.9. The Hall–Kier alpha value is -2.18. The number of carbonyl (C=O) groups is 1. The Kier molecular flexibility index (Phi) is 9.40. The summed E-state index contributed by atoms with van der Waals surface area (Å²) in [5.41, 5.74) is -0.555. The number of ether oxygens (including phenoxy) is 1. The van der Waals surface area contributed by atoms with E-state index in [0.29, 0.717) is 5.56 Å². The van der Waals surface area contributed by atoms with Crippen LogP contribution in [-0.2, 0) is 24.4 Å². The lowest BCUT2D eigenvalue weighted by Crippen LogP contribution is -2.68. The third-order valence-electron chi connectivity index (χ3n) is 8.15. The maximum atomic E-state index is 14.5. The number of halogens is 1. The Morgan fingerprint density at radius 2 is 1.62 bits per heavy atom. The molecule has 0 radical (unpaired) electrons. The van der Waals surface area contributed by atoms with Crippen molar-refractivity contribution in [3.8, 4) is 0 Å². The van der Waals surface area contributed by atoms with Crippen molar-refractivity contribution < 1.29 is 26.4 Å². The van der Waals surface area contributed by atoms with Gasteiger partial charge in [-0.05, 0) is 38.3 Å². The van der Waals surface area contributed by atoms with Crippen LogP contribution in [-0.4, -0.2) is 58.6 Å². The SMILES string of the molecule is CCN(C(=O)OC(C)Cl)[C@H]1C[C@H](C)S(=O)(=O)c2sc(S(=O)(=O)C[Si](c3ccccc3)(c3ccccc3)C(C)(C)C)cc21. The van der Waals surface area contributed by atoms with Crippen LogP contribution < -0.4 is 10.4 Å². The minimum Gasteiger partial charge on any atom is -0.430 e. The molecule has 0 bridgehead atoms. The van der Waals surface area contributed by atoms with Crippen LogP contribution >= 0.6 is 22.9 Å². The molecule has 12 heteroatoms. The molecular formula is C30H38ClNO6S3Si. The van der Waals surface area contributed by atoms with Crippen molar-refractivity contribution in [2.24, 2.45) is 0 Å². The topological polar surface area (TPSA) is 97.8 Å². The number of fused-ring (bicyclic) bond motifs is 1. The Labute approximate surface area is 259 Å². The van der Waals surface area contributed by atoms with Crippen LogP contribution in [0.3, 0.4) is 0 Å². The highest BCUT2D eigenvalue weighted by atomic mass is 35.5. The van der Waals surface area contributed by atoms with Gasteiger partial charge in [0.1, 0.15) is 16.5 Å². The standard InChI is InChI=1S/C30H38ClNO6S3Si/c1-7-32(29(33)38-22(3)31)26-18-21(2)41(36,37)28-25(26)19-27(39-28)40(34,35)20-42(30(4,5)6,23-14-10-8-11-15-23)24-16-12-9-13-17-24/h8-17,19,21-22,26H,7,18,20H2,1-6H3/t21-,22?,26-/m0/s1. The lowest BCUT2D eigenvalue weighted by molar-refractivity contribution is 0.0791. The molecular weight excluding hydrogens is 630 g/mol. The smallest absolute Gasteiger partial charge is 0.411 e. The summed E-state index contributed by atoms with van der Waals surface area (Å²) in [6, 6.07) is 20.4. The number of hydrogen-bond donors (Lipinski definition) is 0. The Bertz CT molecular complexity index is 1600. The number of alkyl halides is 1. The largest absolute Gasteiger partial charge is 0.430 e. The van der Waals surface area contributed by atoms with Crippen LogP contribution in [0.1, 0.15) is 59.6 Å². The van der Waals surface area contributed by atoms with Gasteiger partial charge in [0.2, 0.25) is 0 Å². The lowest BCUT2D eigenvalue weighted by Gasteiger charge is -2.43. The van der Waals surface area contributed by atoms with E-state index in [1.807, 2.05) is 60.7 Å². The Morgan fingerprint density at radius 1 is 1.10 bits per heavy atom. The molecule has 0 aliphatic carbocycles. The molecule has 1 amide bonds. The molecule has 228 valence electrons. The molecule has 0 saturated heterocycles. The third kappa shape index (κ3) is 5.95. The van der Waals surface area contributed by atoms with Crippen molar-refractivity contribution in [3.05, 3.63) is 72.3 Å². The van der Waals surface area contributed by atoms with Crippen molar-refractivity contribution in [2.75, 3.05) is 11.9 Å². The zero-order chi connectivity index (χ0) is 31.1. The van der Waals surface area contributed by atoms with Gasteiger partial charge >= 0.3 is 6.09 Å². The predicted octanol–water partition coefficient (Wildman–Crippen LogP) is 5.77. The van der Waals surface area contributed by atoms with E-state index in [2.05, 4.69) is 20.8 Å². The van der Waals surface area contributed by atoms with Gasteiger partial charge < -0.3 is 9.64 Å². The van der Waals surface area contributed by atoms with E-state index in [9.17, 15) is 21.6 Å². The number of hydrogen-bond acceptors (Lipinski definition) is 7. The van der Waals surface area contributed by atoms with Crippen molar-refractivity contribution in [1.29, 1.82) is 0 Å². The summed E-state index contributed by atoms with van der Waals surface area (Å²) in [4.78, 5) is 14.4. The first kappa shape index (κ1) is 32.7. The summed E-state index contributed by atoms with van der Waals surface area (Å²) < 4.78 is 61.2. The molecule has 3 aromatic rings. The molecule has 3 atom stereocenters. The second-order valence-electron chi connectivity index (χ2n) is 11.8. The molecule has 1 aliphatic heterocycles. The van der Waals surface area contributed by atoms with Crippen LogP contribution in [0.5, 0.6) is 0 Å². The second kappa shape index (κ2) is 12.1. The summed E-state index contributed by atoms with van der Waals surface area (Å²) in [6.07, 6.45) is -0.551. The van der Waals surface area contributed by atoms with E-state index in [1.165, 1.54) is 17.9 Å².